The Hall–Kier alpha value is -4.41. The number of fused-ring (bicyclic) bond motifs is 1. The number of methoxy groups -OCH3 is 1. The van der Waals surface area contributed by atoms with E-state index in [0.717, 1.165) is 6.42 Å². The lowest BCUT2D eigenvalue weighted by atomic mass is 9.94. The number of halogens is 1. The van der Waals surface area contributed by atoms with Gasteiger partial charge in [-0.2, -0.15) is 0 Å². The summed E-state index contributed by atoms with van der Waals surface area (Å²) in [5.74, 6) is -0.359. The monoisotopic (exact) mass is 563 g/mol. The first kappa shape index (κ1) is 28.1. The number of hydrogen-bond donors (Lipinski definition) is 2. The second kappa shape index (κ2) is 11.2. The van der Waals surface area contributed by atoms with Gasteiger partial charge >= 0.3 is 5.63 Å². The normalized spacial score (nSPS) is 18.2. The topological polar surface area (TPSA) is 116 Å². The summed E-state index contributed by atoms with van der Waals surface area (Å²) in [7, 11) is 1.65. The van der Waals surface area contributed by atoms with Gasteiger partial charge in [-0.05, 0) is 81.8 Å². The summed E-state index contributed by atoms with van der Waals surface area (Å²) in [6.07, 6.45) is 0.763. The highest BCUT2D eigenvalue weighted by Crippen LogP contribution is 2.37. The molecule has 41 heavy (non-hydrogen) atoms. The lowest BCUT2D eigenvalue weighted by Crippen LogP contribution is -2.49. The molecule has 0 radical (unpaired) electrons. The number of carbonyl (C=O) groups is 1. The zero-order chi connectivity index (χ0) is 29.3. The molecular weight excluding hydrogens is 533 g/mol. The minimum Gasteiger partial charge on any atom is -0.505 e. The molecule has 1 aliphatic heterocycles. The maximum absolute atomic E-state index is 13.2. The van der Waals surface area contributed by atoms with E-state index in [1.54, 1.807) is 38.3 Å². The molecule has 1 aromatic heterocycles. The molecule has 2 atom stereocenters. The largest absolute Gasteiger partial charge is 0.505 e. The highest BCUT2D eigenvalue weighted by atomic mass is 19.1. The first-order valence-electron chi connectivity index (χ1n) is 13.1. The molecule has 3 aromatic carbocycles. The summed E-state index contributed by atoms with van der Waals surface area (Å²) in [5.41, 5.74) is -1.10. The van der Waals surface area contributed by atoms with E-state index in [0.29, 0.717) is 29.2 Å². The van der Waals surface area contributed by atoms with Crippen molar-refractivity contribution in [3.05, 3.63) is 88.0 Å². The fourth-order valence-corrected chi connectivity index (χ4v) is 4.86. The fourth-order valence-electron chi connectivity index (χ4n) is 4.86. The molecule has 2 heterocycles. The number of ether oxygens (including phenoxy) is 4. The molecule has 0 aliphatic carbocycles. The average Bonchev–Trinajstić information content (AvgIpc) is 2.94. The van der Waals surface area contributed by atoms with Crippen LogP contribution < -0.4 is 20.4 Å². The average molecular weight is 564 g/mol. The second-order valence-corrected chi connectivity index (χ2v) is 10.3. The molecule has 214 valence electrons. The summed E-state index contributed by atoms with van der Waals surface area (Å²) < 4.78 is 42.1. The van der Waals surface area contributed by atoms with Crippen molar-refractivity contribution >= 4 is 22.6 Å². The Morgan fingerprint density at radius 1 is 1.07 bits per heavy atom. The van der Waals surface area contributed by atoms with Gasteiger partial charge in [-0.1, -0.05) is 6.07 Å². The summed E-state index contributed by atoms with van der Waals surface area (Å²) in [5, 5.41) is 13.6. The predicted molar refractivity (Wildman–Crippen MR) is 149 cm³/mol. The van der Waals surface area contributed by atoms with Gasteiger partial charge in [-0.25, -0.2) is 9.18 Å². The summed E-state index contributed by atoms with van der Waals surface area (Å²) in [6.45, 7) is 5.58. The number of carbonyl (C=O) groups excluding carboxylic acids is 1. The fraction of sp³-hybridized carbons (Fsp3) is 0.290. The van der Waals surface area contributed by atoms with Crippen LogP contribution >= 0.6 is 0 Å². The van der Waals surface area contributed by atoms with Crippen molar-refractivity contribution in [2.75, 3.05) is 12.4 Å². The maximum atomic E-state index is 13.2. The third-order valence-electron chi connectivity index (χ3n) is 7.05. The minimum absolute atomic E-state index is 0.0616. The van der Waals surface area contributed by atoms with Crippen LogP contribution in [0.5, 0.6) is 23.0 Å². The van der Waals surface area contributed by atoms with Crippen LogP contribution in [0.2, 0.25) is 0 Å². The Balaban J connectivity index is 1.36. The number of rotatable bonds is 7. The first-order chi connectivity index (χ1) is 19.6. The Morgan fingerprint density at radius 2 is 1.83 bits per heavy atom. The molecule has 10 heteroatoms. The van der Waals surface area contributed by atoms with E-state index in [2.05, 4.69) is 5.32 Å². The number of benzene rings is 3. The molecule has 1 aliphatic rings. The smallest absolute Gasteiger partial charge is 0.364 e. The van der Waals surface area contributed by atoms with Crippen molar-refractivity contribution in [2.24, 2.45) is 0 Å². The van der Waals surface area contributed by atoms with Crippen LogP contribution in [0.1, 0.15) is 42.6 Å². The number of aromatic hydroxyl groups is 1. The zero-order valence-electron chi connectivity index (χ0n) is 23.0. The number of amides is 1. The second-order valence-electron chi connectivity index (χ2n) is 10.3. The Labute approximate surface area is 235 Å². The molecule has 5 rings (SSSR count). The molecule has 1 saturated heterocycles. The Morgan fingerprint density at radius 3 is 2.54 bits per heavy atom. The Bertz CT molecular complexity index is 1650. The lowest BCUT2D eigenvalue weighted by Gasteiger charge is -2.41. The lowest BCUT2D eigenvalue weighted by molar-refractivity contribution is -0.233. The van der Waals surface area contributed by atoms with Gasteiger partial charge in [0.1, 0.15) is 28.6 Å². The van der Waals surface area contributed by atoms with Crippen LogP contribution in [-0.2, 0) is 9.47 Å². The van der Waals surface area contributed by atoms with Crippen molar-refractivity contribution in [1.82, 2.24) is 0 Å². The summed E-state index contributed by atoms with van der Waals surface area (Å²) in [6, 6.07) is 14.8. The van der Waals surface area contributed by atoms with Crippen molar-refractivity contribution in [3.8, 4) is 23.0 Å². The molecule has 9 nitrogen and oxygen atoms in total. The molecule has 4 aromatic rings. The van der Waals surface area contributed by atoms with E-state index < -0.39 is 40.7 Å². The summed E-state index contributed by atoms with van der Waals surface area (Å²) >= 11 is 0. The van der Waals surface area contributed by atoms with Gasteiger partial charge in [0, 0.05) is 24.7 Å². The minimum atomic E-state index is -0.930. The van der Waals surface area contributed by atoms with Gasteiger partial charge in [-0.3, -0.25) is 4.79 Å². The van der Waals surface area contributed by atoms with Crippen LogP contribution in [-0.4, -0.2) is 36.1 Å². The van der Waals surface area contributed by atoms with Gasteiger partial charge in [0.15, 0.2) is 11.4 Å². The molecule has 1 fully saturated rings. The van der Waals surface area contributed by atoms with Crippen molar-refractivity contribution in [3.63, 3.8) is 0 Å². The van der Waals surface area contributed by atoms with Crippen LogP contribution in [0.3, 0.4) is 0 Å². The van der Waals surface area contributed by atoms with E-state index in [1.165, 1.54) is 36.4 Å². The summed E-state index contributed by atoms with van der Waals surface area (Å²) in [4.78, 5) is 25.9. The third kappa shape index (κ3) is 5.89. The van der Waals surface area contributed by atoms with Crippen LogP contribution in [0.25, 0.3) is 11.0 Å². The van der Waals surface area contributed by atoms with Gasteiger partial charge in [0.25, 0.3) is 5.91 Å². The standard InChI is InChI=1S/C31H30FNO8/c1-17-23(39-25-15-14-24(37-4)31(2,3)41-25)13-12-22-27(34)26(30(36)40-28(17)22)33-29(35)18-6-5-7-21(16-18)38-20-10-8-19(32)9-11-20/h5-13,16,24-25,34H,14-15H2,1-4H3,(H,33,35). The van der Waals surface area contributed by atoms with Crippen molar-refractivity contribution in [2.45, 2.75) is 51.6 Å². The molecular formula is C31H30FNO8. The van der Waals surface area contributed by atoms with Gasteiger partial charge in [0.2, 0.25) is 6.29 Å². The number of aryl methyl sites for hydroxylation is 1. The van der Waals surface area contributed by atoms with E-state index in [1.807, 2.05) is 13.8 Å². The van der Waals surface area contributed by atoms with Crippen molar-refractivity contribution < 1.29 is 37.7 Å². The highest BCUT2D eigenvalue weighted by molar-refractivity contribution is 6.06. The van der Waals surface area contributed by atoms with E-state index in [4.69, 9.17) is 23.4 Å². The van der Waals surface area contributed by atoms with Crippen molar-refractivity contribution in [1.29, 1.82) is 0 Å². The van der Waals surface area contributed by atoms with E-state index >= 15 is 0 Å². The molecule has 2 N–H and O–H groups in total. The van der Waals surface area contributed by atoms with Crippen LogP contribution in [0.15, 0.2) is 69.9 Å². The number of hydrogen-bond acceptors (Lipinski definition) is 8. The molecule has 1 amide bonds. The van der Waals surface area contributed by atoms with Crippen LogP contribution in [0.4, 0.5) is 10.1 Å². The SMILES string of the molecule is COC1CCC(Oc2ccc3c(O)c(NC(=O)c4cccc(Oc5ccc(F)cc5)c4)c(=O)oc3c2C)OC1(C)C. The van der Waals surface area contributed by atoms with Gasteiger partial charge < -0.3 is 33.8 Å². The predicted octanol–water partition coefficient (Wildman–Crippen LogP) is 6.30. The molecule has 0 saturated carbocycles. The molecule has 0 bridgehead atoms. The number of anilines is 1. The van der Waals surface area contributed by atoms with Gasteiger partial charge in [0.05, 0.1) is 17.1 Å². The molecule has 2 unspecified atom stereocenters. The first-order valence-corrected chi connectivity index (χ1v) is 13.1. The van der Waals surface area contributed by atoms with E-state index in [-0.39, 0.29) is 22.6 Å². The Kier molecular flexibility index (Phi) is 7.70. The number of nitrogens with one attached hydrogen (secondary N) is 1. The highest BCUT2D eigenvalue weighted by Gasteiger charge is 2.39. The molecule has 0 spiro atoms. The van der Waals surface area contributed by atoms with E-state index in [9.17, 15) is 19.1 Å². The van der Waals surface area contributed by atoms with Crippen LogP contribution in [0, 0.1) is 12.7 Å². The quantitative estimate of drug-likeness (QED) is 0.252. The van der Waals surface area contributed by atoms with Gasteiger partial charge in [-0.15, -0.1) is 0 Å². The maximum Gasteiger partial charge on any atom is 0.364 e. The third-order valence-corrected chi connectivity index (χ3v) is 7.05. The zero-order valence-corrected chi connectivity index (χ0v) is 23.0.